The number of hydrogen-bond acceptors (Lipinski definition) is 5. The van der Waals surface area contributed by atoms with Crippen LogP contribution in [0.1, 0.15) is 32.9 Å². The van der Waals surface area contributed by atoms with Gasteiger partial charge < -0.3 is 10.1 Å². The summed E-state index contributed by atoms with van der Waals surface area (Å²) in [5, 5.41) is 19.3. The van der Waals surface area contributed by atoms with Crippen molar-refractivity contribution < 1.29 is 14.5 Å². The van der Waals surface area contributed by atoms with Crippen LogP contribution in [0.25, 0.3) is 0 Å². The van der Waals surface area contributed by atoms with Gasteiger partial charge >= 0.3 is 0 Å². The number of rotatable bonds is 8. The van der Waals surface area contributed by atoms with Gasteiger partial charge in [-0.3, -0.25) is 19.6 Å². The number of amides is 1. The molecule has 0 saturated carbocycles. The molecular weight excluding hydrogens is 503 g/mol. The maximum absolute atomic E-state index is 13.0. The number of nitro groups is 1. The van der Waals surface area contributed by atoms with E-state index in [0.29, 0.717) is 39.3 Å². The molecule has 1 N–H and O–H groups in total. The Morgan fingerprint density at radius 3 is 2.47 bits per heavy atom. The Hall–Kier alpha value is -3.88. The van der Waals surface area contributed by atoms with Crippen LogP contribution in [0.15, 0.2) is 66.7 Å². The number of halogens is 2. The van der Waals surface area contributed by atoms with Crippen molar-refractivity contribution in [2.75, 3.05) is 5.32 Å². The number of aromatic nitrogens is 2. The minimum Gasteiger partial charge on any atom is -0.489 e. The first-order chi connectivity index (χ1) is 17.2. The van der Waals surface area contributed by atoms with Crippen LogP contribution in [0.3, 0.4) is 0 Å². The molecule has 0 aliphatic rings. The number of benzene rings is 3. The average Bonchev–Trinajstić information content (AvgIpc) is 3.12. The van der Waals surface area contributed by atoms with E-state index >= 15 is 0 Å². The number of nitro benzene ring substituents is 1. The normalized spacial score (nSPS) is 10.8. The van der Waals surface area contributed by atoms with E-state index in [9.17, 15) is 14.9 Å². The first-order valence-corrected chi connectivity index (χ1v) is 11.7. The van der Waals surface area contributed by atoms with Crippen molar-refractivity contribution in [3.8, 4) is 5.75 Å². The lowest BCUT2D eigenvalue weighted by atomic mass is 10.1. The van der Waals surface area contributed by atoms with Crippen molar-refractivity contribution in [1.82, 2.24) is 9.78 Å². The Morgan fingerprint density at radius 2 is 1.78 bits per heavy atom. The van der Waals surface area contributed by atoms with Gasteiger partial charge in [-0.15, -0.1) is 0 Å². The van der Waals surface area contributed by atoms with Crippen molar-refractivity contribution in [3.63, 3.8) is 0 Å². The van der Waals surface area contributed by atoms with Gasteiger partial charge in [0, 0.05) is 17.7 Å². The molecule has 8 nitrogen and oxygen atoms in total. The van der Waals surface area contributed by atoms with Gasteiger partial charge in [-0.2, -0.15) is 5.10 Å². The number of nitrogens with zero attached hydrogens (tertiary/aromatic N) is 3. The zero-order valence-corrected chi connectivity index (χ0v) is 21.0. The van der Waals surface area contributed by atoms with Crippen molar-refractivity contribution in [1.29, 1.82) is 0 Å². The SMILES string of the molecule is Cc1nn(Cc2ccc(Cl)c(Cl)c2)c(C)c1NC(=O)c1cccc(COc2ccc([N+](=O)[O-])cc2)c1. The molecule has 4 aromatic rings. The van der Waals surface area contributed by atoms with Crippen molar-refractivity contribution in [2.24, 2.45) is 0 Å². The maximum Gasteiger partial charge on any atom is 0.269 e. The highest BCUT2D eigenvalue weighted by atomic mass is 35.5. The van der Waals surface area contributed by atoms with Crippen LogP contribution in [-0.4, -0.2) is 20.6 Å². The first kappa shape index (κ1) is 25.2. The lowest BCUT2D eigenvalue weighted by Gasteiger charge is -2.10. The van der Waals surface area contributed by atoms with E-state index < -0.39 is 4.92 Å². The quantitative estimate of drug-likeness (QED) is 0.207. The monoisotopic (exact) mass is 524 g/mol. The number of carbonyl (C=O) groups is 1. The van der Waals surface area contributed by atoms with Crippen LogP contribution < -0.4 is 10.1 Å². The standard InChI is InChI=1S/C26H22Cl2N4O4/c1-16-25(17(2)31(30-16)14-18-6-11-23(27)24(28)13-18)29-26(33)20-5-3-4-19(12-20)15-36-22-9-7-21(8-10-22)32(34)35/h3-13H,14-15H2,1-2H3,(H,29,33). The predicted molar refractivity (Wildman–Crippen MR) is 139 cm³/mol. The van der Waals surface area contributed by atoms with E-state index in [2.05, 4.69) is 10.4 Å². The van der Waals surface area contributed by atoms with E-state index in [4.69, 9.17) is 27.9 Å². The lowest BCUT2D eigenvalue weighted by Crippen LogP contribution is -2.14. The molecule has 0 bridgehead atoms. The van der Waals surface area contributed by atoms with Crippen LogP contribution >= 0.6 is 23.2 Å². The Bertz CT molecular complexity index is 1430. The lowest BCUT2D eigenvalue weighted by molar-refractivity contribution is -0.384. The summed E-state index contributed by atoms with van der Waals surface area (Å²) in [6, 6.07) is 18.3. The summed E-state index contributed by atoms with van der Waals surface area (Å²) in [6.45, 7) is 4.41. The molecule has 0 saturated heterocycles. The Labute approximate surface area is 217 Å². The predicted octanol–water partition coefficient (Wildman–Crippen LogP) is 6.59. The molecule has 0 unspecified atom stereocenters. The summed E-state index contributed by atoms with van der Waals surface area (Å²) in [7, 11) is 0. The second-order valence-electron chi connectivity index (χ2n) is 8.15. The molecule has 0 spiro atoms. The highest BCUT2D eigenvalue weighted by molar-refractivity contribution is 6.42. The molecule has 0 aliphatic carbocycles. The van der Waals surface area contributed by atoms with Crippen LogP contribution in [0.4, 0.5) is 11.4 Å². The molecule has 1 aromatic heterocycles. The molecule has 4 rings (SSSR count). The highest BCUT2D eigenvalue weighted by Crippen LogP contribution is 2.25. The first-order valence-electron chi connectivity index (χ1n) is 11.0. The minimum absolute atomic E-state index is 0.00751. The number of anilines is 1. The number of nitrogens with one attached hydrogen (secondary N) is 1. The minimum atomic E-state index is -0.466. The summed E-state index contributed by atoms with van der Waals surface area (Å²) in [4.78, 5) is 23.3. The Kier molecular flexibility index (Phi) is 7.57. The van der Waals surface area contributed by atoms with Crippen LogP contribution in [-0.2, 0) is 13.2 Å². The second kappa shape index (κ2) is 10.8. The molecule has 184 valence electrons. The van der Waals surface area contributed by atoms with Crippen molar-refractivity contribution in [3.05, 3.63) is 115 Å². The molecule has 0 fully saturated rings. The number of ether oxygens (including phenoxy) is 1. The third-order valence-corrected chi connectivity index (χ3v) is 6.32. The van der Waals surface area contributed by atoms with Gasteiger partial charge in [-0.1, -0.05) is 41.4 Å². The molecule has 10 heteroatoms. The highest BCUT2D eigenvalue weighted by Gasteiger charge is 2.16. The third kappa shape index (κ3) is 5.84. The zero-order chi connectivity index (χ0) is 25.8. The molecule has 36 heavy (non-hydrogen) atoms. The van der Waals surface area contributed by atoms with Gasteiger partial charge in [-0.25, -0.2) is 0 Å². The fourth-order valence-electron chi connectivity index (χ4n) is 3.66. The third-order valence-electron chi connectivity index (χ3n) is 5.58. The Balaban J connectivity index is 1.43. The summed E-state index contributed by atoms with van der Waals surface area (Å²) < 4.78 is 7.51. The molecule has 0 radical (unpaired) electrons. The Morgan fingerprint density at radius 1 is 1.03 bits per heavy atom. The molecule has 3 aromatic carbocycles. The van der Waals surface area contributed by atoms with Crippen LogP contribution in [0.5, 0.6) is 5.75 Å². The fraction of sp³-hybridized carbons (Fsp3) is 0.154. The largest absolute Gasteiger partial charge is 0.489 e. The second-order valence-corrected chi connectivity index (χ2v) is 8.96. The van der Waals surface area contributed by atoms with Gasteiger partial charge in [0.2, 0.25) is 0 Å². The summed E-state index contributed by atoms with van der Waals surface area (Å²) in [5.41, 5.74) is 4.33. The summed E-state index contributed by atoms with van der Waals surface area (Å²) in [5.74, 6) is 0.226. The topological polar surface area (TPSA) is 99.3 Å². The van der Waals surface area contributed by atoms with Gasteiger partial charge in [0.15, 0.2) is 0 Å². The smallest absolute Gasteiger partial charge is 0.269 e. The fourth-order valence-corrected chi connectivity index (χ4v) is 3.98. The molecule has 0 atom stereocenters. The van der Waals surface area contributed by atoms with Gasteiger partial charge in [0.1, 0.15) is 12.4 Å². The van der Waals surface area contributed by atoms with E-state index in [1.165, 1.54) is 24.3 Å². The van der Waals surface area contributed by atoms with Gasteiger partial charge in [0.25, 0.3) is 11.6 Å². The summed E-state index contributed by atoms with van der Waals surface area (Å²) in [6.07, 6.45) is 0. The van der Waals surface area contributed by atoms with E-state index in [1.807, 2.05) is 26.0 Å². The molecule has 1 heterocycles. The van der Waals surface area contributed by atoms with Crippen molar-refractivity contribution in [2.45, 2.75) is 27.0 Å². The maximum atomic E-state index is 13.0. The van der Waals surface area contributed by atoms with E-state index in [1.54, 1.807) is 35.0 Å². The number of aryl methyl sites for hydroxylation is 1. The summed E-state index contributed by atoms with van der Waals surface area (Å²) >= 11 is 12.1. The van der Waals surface area contributed by atoms with Gasteiger partial charge in [-0.05, 0) is 61.4 Å². The molecule has 0 aliphatic heterocycles. The molecule has 1 amide bonds. The number of hydrogen-bond donors (Lipinski definition) is 1. The van der Waals surface area contributed by atoms with E-state index in [-0.39, 0.29) is 18.2 Å². The zero-order valence-electron chi connectivity index (χ0n) is 19.5. The molecular formula is C26H22Cl2N4O4. The average molecular weight is 525 g/mol. The number of carbonyl (C=O) groups excluding carboxylic acids is 1. The number of non-ortho nitro benzene ring substituents is 1. The van der Waals surface area contributed by atoms with E-state index in [0.717, 1.165) is 16.8 Å². The van der Waals surface area contributed by atoms with Crippen molar-refractivity contribution >= 4 is 40.5 Å². The van der Waals surface area contributed by atoms with Gasteiger partial charge in [0.05, 0.1) is 38.6 Å². The van der Waals surface area contributed by atoms with Crippen LogP contribution in [0, 0.1) is 24.0 Å². The van der Waals surface area contributed by atoms with Crippen LogP contribution in [0.2, 0.25) is 10.0 Å².